The summed E-state index contributed by atoms with van der Waals surface area (Å²) in [5.41, 5.74) is 3.95. The molecule has 0 saturated carbocycles. The summed E-state index contributed by atoms with van der Waals surface area (Å²) in [4.78, 5) is 28.5. The maximum Gasteiger partial charge on any atom is 0.263 e. The third-order valence-electron chi connectivity index (χ3n) is 6.74. The van der Waals surface area contributed by atoms with Crippen molar-refractivity contribution in [1.29, 1.82) is 0 Å². The SMILES string of the molecule is CC(=O)CCc1ccc(OC(C)C(=O)N2CCC(CN3CCc4ccccc43)CC2)cc1. The number of carbonyl (C=O) groups is 2. The van der Waals surface area contributed by atoms with Gasteiger partial charge in [-0.2, -0.15) is 0 Å². The number of benzene rings is 2. The number of piperidine rings is 1. The van der Waals surface area contributed by atoms with Gasteiger partial charge in [-0.15, -0.1) is 0 Å². The van der Waals surface area contributed by atoms with E-state index in [9.17, 15) is 9.59 Å². The number of carbonyl (C=O) groups excluding carboxylic acids is 2. The highest BCUT2D eigenvalue weighted by molar-refractivity contribution is 5.81. The van der Waals surface area contributed by atoms with Crippen molar-refractivity contribution in [2.45, 2.75) is 52.1 Å². The molecule has 170 valence electrons. The summed E-state index contributed by atoms with van der Waals surface area (Å²) in [6, 6.07) is 16.4. The van der Waals surface area contributed by atoms with Gasteiger partial charge < -0.3 is 19.3 Å². The van der Waals surface area contributed by atoms with E-state index in [1.54, 1.807) is 6.92 Å². The molecule has 0 N–H and O–H groups in total. The number of nitrogens with zero attached hydrogens (tertiary/aromatic N) is 2. The quantitative estimate of drug-likeness (QED) is 0.622. The van der Waals surface area contributed by atoms with Crippen molar-refractivity contribution in [1.82, 2.24) is 4.90 Å². The summed E-state index contributed by atoms with van der Waals surface area (Å²) in [7, 11) is 0. The number of ketones is 1. The van der Waals surface area contributed by atoms with E-state index in [0.717, 1.165) is 57.4 Å². The minimum absolute atomic E-state index is 0.0654. The summed E-state index contributed by atoms with van der Waals surface area (Å²) < 4.78 is 5.92. The van der Waals surface area contributed by atoms with Crippen LogP contribution in [0.25, 0.3) is 0 Å². The highest BCUT2D eigenvalue weighted by atomic mass is 16.5. The van der Waals surface area contributed by atoms with Crippen LogP contribution in [0.15, 0.2) is 48.5 Å². The first-order chi connectivity index (χ1) is 15.5. The molecule has 2 aromatic carbocycles. The van der Waals surface area contributed by atoms with Crippen LogP contribution in [0.3, 0.4) is 0 Å². The molecule has 5 nitrogen and oxygen atoms in total. The van der Waals surface area contributed by atoms with E-state index in [2.05, 4.69) is 29.2 Å². The Bertz CT molecular complexity index is 932. The Morgan fingerprint density at radius 3 is 2.47 bits per heavy atom. The van der Waals surface area contributed by atoms with Gasteiger partial charge in [0.05, 0.1) is 0 Å². The first kappa shape index (κ1) is 22.4. The lowest BCUT2D eigenvalue weighted by molar-refractivity contribution is -0.139. The fourth-order valence-electron chi connectivity index (χ4n) is 4.81. The number of likely N-dealkylation sites (tertiary alicyclic amines) is 1. The van der Waals surface area contributed by atoms with Crippen molar-refractivity contribution in [2.24, 2.45) is 5.92 Å². The van der Waals surface area contributed by atoms with Gasteiger partial charge in [-0.25, -0.2) is 0 Å². The van der Waals surface area contributed by atoms with E-state index in [4.69, 9.17) is 4.74 Å². The van der Waals surface area contributed by atoms with Gasteiger partial charge in [0.15, 0.2) is 6.10 Å². The Hall–Kier alpha value is -2.82. The van der Waals surface area contributed by atoms with Crippen molar-refractivity contribution in [2.75, 3.05) is 31.1 Å². The number of ether oxygens (including phenoxy) is 1. The molecular weight excluding hydrogens is 400 g/mol. The van der Waals surface area contributed by atoms with Gasteiger partial charge in [0, 0.05) is 38.3 Å². The van der Waals surface area contributed by atoms with E-state index < -0.39 is 6.10 Å². The van der Waals surface area contributed by atoms with Crippen LogP contribution in [0.4, 0.5) is 5.69 Å². The summed E-state index contributed by atoms with van der Waals surface area (Å²) in [6.07, 6.45) is 4.02. The molecule has 0 bridgehead atoms. The minimum atomic E-state index is -0.500. The zero-order valence-electron chi connectivity index (χ0n) is 19.3. The summed E-state index contributed by atoms with van der Waals surface area (Å²) in [6.45, 7) is 7.24. The maximum atomic E-state index is 12.9. The number of amides is 1. The molecule has 32 heavy (non-hydrogen) atoms. The van der Waals surface area contributed by atoms with Crippen LogP contribution in [0.2, 0.25) is 0 Å². The van der Waals surface area contributed by atoms with Gasteiger partial charge in [-0.05, 0) is 74.8 Å². The number of anilines is 1. The van der Waals surface area contributed by atoms with Crippen molar-refractivity contribution >= 4 is 17.4 Å². The average molecular weight is 435 g/mol. The first-order valence-electron chi connectivity index (χ1n) is 11.9. The van der Waals surface area contributed by atoms with Crippen molar-refractivity contribution in [3.05, 3.63) is 59.7 Å². The number of rotatable bonds is 8. The third-order valence-corrected chi connectivity index (χ3v) is 6.74. The maximum absolute atomic E-state index is 12.9. The number of fused-ring (bicyclic) bond motifs is 1. The fraction of sp³-hybridized carbons (Fsp3) is 0.481. The predicted molar refractivity (Wildman–Crippen MR) is 127 cm³/mol. The van der Waals surface area contributed by atoms with Gasteiger partial charge in [0.25, 0.3) is 5.91 Å². The van der Waals surface area contributed by atoms with Crippen LogP contribution >= 0.6 is 0 Å². The van der Waals surface area contributed by atoms with Crippen molar-refractivity contribution in [3.8, 4) is 5.75 Å². The molecule has 5 heteroatoms. The molecule has 1 unspecified atom stereocenters. The Labute approximate surface area is 191 Å². The van der Waals surface area contributed by atoms with Gasteiger partial charge in [-0.3, -0.25) is 4.79 Å². The molecule has 4 rings (SSSR count). The van der Waals surface area contributed by atoms with Gasteiger partial charge in [0.1, 0.15) is 11.5 Å². The Balaban J connectivity index is 1.23. The predicted octanol–water partition coefficient (Wildman–Crippen LogP) is 4.28. The fourth-order valence-corrected chi connectivity index (χ4v) is 4.81. The lowest BCUT2D eigenvalue weighted by Crippen LogP contribution is -2.46. The molecule has 0 radical (unpaired) electrons. The Morgan fingerprint density at radius 1 is 1.03 bits per heavy atom. The Morgan fingerprint density at radius 2 is 1.75 bits per heavy atom. The lowest BCUT2D eigenvalue weighted by Gasteiger charge is -2.35. The van der Waals surface area contributed by atoms with Crippen LogP contribution in [0, 0.1) is 5.92 Å². The second-order valence-corrected chi connectivity index (χ2v) is 9.20. The summed E-state index contributed by atoms with van der Waals surface area (Å²) in [5, 5.41) is 0. The molecule has 0 aliphatic carbocycles. The van der Waals surface area contributed by atoms with Crippen LogP contribution in [0.1, 0.15) is 44.2 Å². The molecule has 2 aliphatic rings. The number of Topliss-reactive ketones (excluding diaryl/α,β-unsaturated/α-hetero) is 1. The molecule has 1 fully saturated rings. The van der Waals surface area contributed by atoms with Crippen LogP contribution in [-0.2, 0) is 22.4 Å². The average Bonchev–Trinajstić information content (AvgIpc) is 3.21. The molecule has 0 spiro atoms. The highest BCUT2D eigenvalue weighted by Crippen LogP contribution is 2.30. The molecule has 1 atom stereocenters. The van der Waals surface area contributed by atoms with Crippen LogP contribution in [-0.4, -0.2) is 48.9 Å². The standard InChI is InChI=1S/C27H34N2O3/c1-20(30)7-8-22-9-11-25(12-10-22)32-21(2)27(31)28-16-13-23(14-17-28)19-29-18-15-24-5-3-4-6-26(24)29/h3-6,9-12,21,23H,7-8,13-19H2,1-2H3. The summed E-state index contributed by atoms with van der Waals surface area (Å²) >= 11 is 0. The molecule has 2 heterocycles. The van der Waals surface area contributed by atoms with Crippen molar-refractivity contribution in [3.63, 3.8) is 0 Å². The number of hydrogen-bond donors (Lipinski definition) is 0. The molecule has 1 saturated heterocycles. The van der Waals surface area contributed by atoms with E-state index >= 15 is 0 Å². The van der Waals surface area contributed by atoms with E-state index in [0.29, 0.717) is 18.1 Å². The second kappa shape index (κ2) is 10.2. The number of para-hydroxylation sites is 1. The van der Waals surface area contributed by atoms with Gasteiger partial charge >= 0.3 is 0 Å². The van der Waals surface area contributed by atoms with E-state index in [-0.39, 0.29) is 11.7 Å². The lowest BCUT2D eigenvalue weighted by atomic mass is 9.95. The van der Waals surface area contributed by atoms with Crippen LogP contribution < -0.4 is 9.64 Å². The topological polar surface area (TPSA) is 49.9 Å². The third kappa shape index (κ3) is 5.50. The second-order valence-electron chi connectivity index (χ2n) is 9.20. The van der Waals surface area contributed by atoms with Gasteiger partial charge in [0.2, 0.25) is 0 Å². The van der Waals surface area contributed by atoms with E-state index in [1.165, 1.54) is 11.3 Å². The number of hydrogen-bond acceptors (Lipinski definition) is 4. The molecular formula is C27H34N2O3. The van der Waals surface area contributed by atoms with Crippen molar-refractivity contribution < 1.29 is 14.3 Å². The first-order valence-corrected chi connectivity index (χ1v) is 11.9. The summed E-state index contributed by atoms with van der Waals surface area (Å²) in [5.74, 6) is 1.58. The van der Waals surface area contributed by atoms with E-state index in [1.807, 2.05) is 36.1 Å². The zero-order chi connectivity index (χ0) is 22.5. The molecule has 0 aromatic heterocycles. The molecule has 2 aliphatic heterocycles. The molecule has 1 amide bonds. The smallest absolute Gasteiger partial charge is 0.263 e. The monoisotopic (exact) mass is 434 g/mol. The van der Waals surface area contributed by atoms with Crippen LogP contribution in [0.5, 0.6) is 5.75 Å². The highest BCUT2D eigenvalue weighted by Gasteiger charge is 2.29. The Kier molecular flexibility index (Phi) is 7.13. The van der Waals surface area contributed by atoms with Gasteiger partial charge in [-0.1, -0.05) is 30.3 Å². The normalized spacial score (nSPS) is 17.2. The minimum Gasteiger partial charge on any atom is -0.481 e. The zero-order valence-corrected chi connectivity index (χ0v) is 19.3. The number of aryl methyl sites for hydroxylation is 1. The molecule has 2 aromatic rings. The largest absolute Gasteiger partial charge is 0.481 e.